The first-order chi connectivity index (χ1) is 15.7. The molecular formula is C25H33N3O5. The van der Waals surface area contributed by atoms with Crippen molar-refractivity contribution in [3.63, 3.8) is 0 Å². The van der Waals surface area contributed by atoms with Crippen molar-refractivity contribution in [2.75, 3.05) is 6.54 Å². The van der Waals surface area contributed by atoms with Crippen LogP contribution in [0.3, 0.4) is 0 Å². The molecule has 33 heavy (non-hydrogen) atoms. The summed E-state index contributed by atoms with van der Waals surface area (Å²) in [5, 5.41) is 2.92. The molecule has 4 rings (SSSR count). The number of urea groups is 1. The normalized spacial score (nSPS) is 23.2. The molecular weight excluding hydrogens is 422 g/mol. The van der Waals surface area contributed by atoms with Crippen LogP contribution in [-0.2, 0) is 22.7 Å². The van der Waals surface area contributed by atoms with E-state index in [1.54, 1.807) is 36.8 Å². The molecule has 1 aliphatic heterocycles. The minimum absolute atomic E-state index is 0.209. The van der Waals surface area contributed by atoms with Crippen LogP contribution in [0.5, 0.6) is 0 Å². The molecule has 4 amide bonds. The van der Waals surface area contributed by atoms with Gasteiger partial charge in [0.25, 0.3) is 5.91 Å². The first kappa shape index (κ1) is 23.1. The number of hydrogen-bond acceptors (Lipinski definition) is 5. The third kappa shape index (κ3) is 4.70. The monoisotopic (exact) mass is 455 g/mol. The van der Waals surface area contributed by atoms with E-state index in [0.29, 0.717) is 30.3 Å². The molecule has 1 N–H and O–H groups in total. The summed E-state index contributed by atoms with van der Waals surface area (Å²) in [7, 11) is 0. The molecule has 2 aromatic heterocycles. The number of nitrogens with zero attached hydrogens (tertiary/aromatic N) is 2. The Kier molecular flexibility index (Phi) is 6.36. The predicted molar refractivity (Wildman–Crippen MR) is 121 cm³/mol. The number of nitrogens with one attached hydrogen (secondary N) is 1. The average Bonchev–Trinajstić information content (AvgIpc) is 3.54. The summed E-state index contributed by atoms with van der Waals surface area (Å²) >= 11 is 0. The number of rotatable bonds is 8. The molecule has 3 heterocycles. The van der Waals surface area contributed by atoms with Gasteiger partial charge in [0.1, 0.15) is 23.6 Å². The fourth-order valence-corrected chi connectivity index (χ4v) is 4.99. The Morgan fingerprint density at radius 2 is 1.70 bits per heavy atom. The summed E-state index contributed by atoms with van der Waals surface area (Å²) in [6.45, 7) is 6.85. The minimum atomic E-state index is -0.884. The van der Waals surface area contributed by atoms with E-state index >= 15 is 0 Å². The Morgan fingerprint density at radius 1 is 1.12 bits per heavy atom. The van der Waals surface area contributed by atoms with Gasteiger partial charge in [-0.15, -0.1) is 0 Å². The van der Waals surface area contributed by atoms with E-state index in [1.165, 1.54) is 4.90 Å². The molecule has 0 unspecified atom stereocenters. The summed E-state index contributed by atoms with van der Waals surface area (Å²) < 4.78 is 10.8. The van der Waals surface area contributed by atoms with Gasteiger partial charge in [0.2, 0.25) is 5.91 Å². The van der Waals surface area contributed by atoms with Crippen LogP contribution in [-0.4, -0.2) is 39.7 Å². The van der Waals surface area contributed by atoms with E-state index < -0.39 is 11.6 Å². The van der Waals surface area contributed by atoms with Gasteiger partial charge in [0.15, 0.2) is 0 Å². The van der Waals surface area contributed by atoms with Crippen LogP contribution in [0.1, 0.15) is 64.4 Å². The SMILES string of the molecule is CCC(C)(C)C1CCC2(CC1)NC(=O)N(CC(=O)N(Cc1ccco1)Cc1ccco1)C2=O. The Hall–Kier alpha value is -3.03. The number of carbonyl (C=O) groups is 3. The number of carbonyl (C=O) groups excluding carboxylic acids is 3. The number of hydrogen-bond donors (Lipinski definition) is 1. The fraction of sp³-hybridized carbons (Fsp3) is 0.560. The van der Waals surface area contributed by atoms with Crippen LogP contribution in [0, 0.1) is 11.3 Å². The second kappa shape index (κ2) is 9.08. The molecule has 2 fully saturated rings. The summed E-state index contributed by atoms with van der Waals surface area (Å²) in [6.07, 6.45) is 7.16. The zero-order valence-electron chi connectivity index (χ0n) is 19.6. The smallest absolute Gasteiger partial charge is 0.325 e. The van der Waals surface area contributed by atoms with Crippen LogP contribution >= 0.6 is 0 Å². The third-order valence-electron chi connectivity index (χ3n) is 7.60. The zero-order valence-corrected chi connectivity index (χ0v) is 19.6. The van der Waals surface area contributed by atoms with Crippen molar-refractivity contribution in [1.82, 2.24) is 15.1 Å². The van der Waals surface area contributed by atoms with Crippen molar-refractivity contribution < 1.29 is 23.2 Å². The zero-order chi connectivity index (χ0) is 23.6. The van der Waals surface area contributed by atoms with E-state index in [0.717, 1.165) is 24.2 Å². The maximum Gasteiger partial charge on any atom is 0.325 e. The van der Waals surface area contributed by atoms with Crippen LogP contribution in [0.4, 0.5) is 4.79 Å². The van der Waals surface area contributed by atoms with E-state index in [4.69, 9.17) is 8.83 Å². The lowest BCUT2D eigenvalue weighted by Crippen LogP contribution is -2.51. The van der Waals surface area contributed by atoms with Crippen molar-refractivity contribution in [3.05, 3.63) is 48.3 Å². The molecule has 0 radical (unpaired) electrons. The van der Waals surface area contributed by atoms with Gasteiger partial charge >= 0.3 is 6.03 Å². The van der Waals surface area contributed by atoms with Crippen LogP contribution in [0.2, 0.25) is 0 Å². The molecule has 0 bridgehead atoms. The van der Waals surface area contributed by atoms with Crippen molar-refractivity contribution in [2.45, 2.75) is 71.5 Å². The Morgan fingerprint density at radius 3 is 2.18 bits per heavy atom. The highest BCUT2D eigenvalue weighted by Crippen LogP contribution is 2.45. The fourth-order valence-electron chi connectivity index (χ4n) is 4.99. The molecule has 178 valence electrons. The van der Waals surface area contributed by atoms with Crippen LogP contribution < -0.4 is 5.32 Å². The van der Waals surface area contributed by atoms with Crippen molar-refractivity contribution in [1.29, 1.82) is 0 Å². The first-order valence-corrected chi connectivity index (χ1v) is 11.7. The van der Waals surface area contributed by atoms with Gasteiger partial charge in [-0.05, 0) is 61.3 Å². The van der Waals surface area contributed by atoms with E-state index in [2.05, 4.69) is 26.1 Å². The summed E-state index contributed by atoms with van der Waals surface area (Å²) in [4.78, 5) is 41.9. The Bertz CT molecular complexity index is 936. The van der Waals surface area contributed by atoms with Crippen molar-refractivity contribution >= 4 is 17.8 Å². The molecule has 0 aromatic carbocycles. The molecule has 8 nitrogen and oxygen atoms in total. The van der Waals surface area contributed by atoms with Gasteiger partial charge in [-0.3, -0.25) is 14.5 Å². The molecule has 1 aliphatic carbocycles. The number of imide groups is 1. The minimum Gasteiger partial charge on any atom is -0.467 e. The molecule has 1 saturated carbocycles. The number of amides is 4. The second-order valence-corrected chi connectivity index (χ2v) is 9.93. The average molecular weight is 456 g/mol. The van der Waals surface area contributed by atoms with Crippen LogP contribution in [0.15, 0.2) is 45.6 Å². The first-order valence-electron chi connectivity index (χ1n) is 11.7. The van der Waals surface area contributed by atoms with E-state index in [-0.39, 0.29) is 36.9 Å². The van der Waals surface area contributed by atoms with Gasteiger partial charge < -0.3 is 19.1 Å². The maximum atomic E-state index is 13.3. The highest BCUT2D eigenvalue weighted by atomic mass is 16.3. The maximum absolute atomic E-state index is 13.3. The van der Waals surface area contributed by atoms with Crippen molar-refractivity contribution in [2.24, 2.45) is 11.3 Å². The summed E-state index contributed by atoms with van der Waals surface area (Å²) in [6, 6.07) is 6.57. The molecule has 2 aliphatic rings. The second-order valence-electron chi connectivity index (χ2n) is 9.93. The Labute approximate surface area is 194 Å². The third-order valence-corrected chi connectivity index (χ3v) is 7.60. The molecule has 0 atom stereocenters. The van der Waals surface area contributed by atoms with E-state index in [1.807, 2.05) is 0 Å². The topological polar surface area (TPSA) is 96.0 Å². The van der Waals surface area contributed by atoms with Gasteiger partial charge in [-0.25, -0.2) is 4.79 Å². The molecule has 1 spiro atoms. The van der Waals surface area contributed by atoms with Crippen LogP contribution in [0.25, 0.3) is 0 Å². The lowest BCUT2D eigenvalue weighted by Gasteiger charge is -2.42. The van der Waals surface area contributed by atoms with Gasteiger partial charge in [0.05, 0.1) is 25.6 Å². The van der Waals surface area contributed by atoms with Gasteiger partial charge in [0, 0.05) is 0 Å². The summed E-state index contributed by atoms with van der Waals surface area (Å²) in [5.74, 6) is 1.11. The highest BCUT2D eigenvalue weighted by molar-refractivity contribution is 6.09. The lowest BCUT2D eigenvalue weighted by molar-refractivity contribution is -0.140. The number of furan rings is 2. The molecule has 8 heteroatoms. The molecule has 2 aromatic rings. The Balaban J connectivity index is 1.44. The summed E-state index contributed by atoms with van der Waals surface area (Å²) in [5.41, 5.74) is -0.675. The highest BCUT2D eigenvalue weighted by Gasteiger charge is 2.54. The predicted octanol–water partition coefficient (Wildman–Crippen LogP) is 4.32. The lowest BCUT2D eigenvalue weighted by atomic mass is 9.65. The quantitative estimate of drug-likeness (QED) is 0.598. The van der Waals surface area contributed by atoms with E-state index in [9.17, 15) is 14.4 Å². The van der Waals surface area contributed by atoms with Gasteiger partial charge in [-0.2, -0.15) is 0 Å². The largest absolute Gasteiger partial charge is 0.467 e. The van der Waals surface area contributed by atoms with Gasteiger partial charge in [-0.1, -0.05) is 27.2 Å². The van der Waals surface area contributed by atoms with Crippen molar-refractivity contribution in [3.8, 4) is 0 Å². The standard InChI is InChI=1S/C25H33N3O5/c1-4-24(2,3)18-9-11-25(12-10-18)22(30)28(23(31)26-25)17-21(29)27(15-19-7-5-13-32-19)16-20-8-6-14-33-20/h5-8,13-14,18H,4,9-12,15-17H2,1-3H3,(H,26,31). The molecule has 1 saturated heterocycles.